The third-order valence-corrected chi connectivity index (χ3v) is 3.58. The molecule has 0 bridgehead atoms. The lowest BCUT2D eigenvalue weighted by Gasteiger charge is -2.17. The molecule has 0 aliphatic heterocycles. The monoisotopic (exact) mass is 296 g/mol. The van der Waals surface area contributed by atoms with E-state index in [1.165, 1.54) is 11.1 Å². The van der Waals surface area contributed by atoms with E-state index < -0.39 is 0 Å². The van der Waals surface area contributed by atoms with Crippen LogP contribution in [-0.4, -0.2) is 19.3 Å². The van der Waals surface area contributed by atoms with Gasteiger partial charge in [0.1, 0.15) is 11.9 Å². The van der Waals surface area contributed by atoms with Crippen molar-refractivity contribution in [3.8, 4) is 0 Å². The van der Waals surface area contributed by atoms with Crippen LogP contribution in [0.4, 0.5) is 0 Å². The molecule has 2 aromatic carbocycles. The van der Waals surface area contributed by atoms with Gasteiger partial charge in [-0.25, -0.2) is 0 Å². The molecule has 116 valence electrons. The first-order valence-electron chi connectivity index (χ1n) is 7.77. The zero-order chi connectivity index (χ0) is 15.6. The lowest BCUT2D eigenvalue weighted by molar-refractivity contribution is 0.0427. The average Bonchev–Trinajstić information content (AvgIpc) is 2.56. The minimum Gasteiger partial charge on any atom is -0.495 e. The van der Waals surface area contributed by atoms with Gasteiger partial charge in [0.2, 0.25) is 0 Å². The molecule has 1 atom stereocenters. The van der Waals surface area contributed by atoms with E-state index >= 15 is 0 Å². The van der Waals surface area contributed by atoms with Crippen molar-refractivity contribution in [3.05, 3.63) is 84.1 Å². The summed E-state index contributed by atoms with van der Waals surface area (Å²) in [5, 5.41) is 0. The Kier molecular flexibility index (Phi) is 6.72. The fraction of sp³-hybridized carbons (Fsp3) is 0.300. The van der Waals surface area contributed by atoms with Gasteiger partial charge in [-0.3, -0.25) is 0 Å². The molecule has 0 fully saturated rings. The molecule has 2 aromatic rings. The number of hydrogen-bond acceptors (Lipinski definition) is 2. The molecule has 0 aliphatic carbocycles. The highest BCUT2D eigenvalue weighted by Gasteiger charge is 2.08. The van der Waals surface area contributed by atoms with Crippen molar-refractivity contribution >= 4 is 0 Å². The Morgan fingerprint density at radius 2 is 1.36 bits per heavy atom. The normalized spacial score (nSPS) is 11.9. The van der Waals surface area contributed by atoms with E-state index in [1.807, 2.05) is 43.3 Å². The molecule has 22 heavy (non-hydrogen) atoms. The van der Waals surface area contributed by atoms with Crippen molar-refractivity contribution in [3.63, 3.8) is 0 Å². The van der Waals surface area contributed by atoms with E-state index in [9.17, 15) is 0 Å². The summed E-state index contributed by atoms with van der Waals surface area (Å²) < 4.78 is 11.5. The minimum atomic E-state index is -0.0838. The Morgan fingerprint density at radius 1 is 0.864 bits per heavy atom. The quantitative estimate of drug-likeness (QED) is 0.638. The van der Waals surface area contributed by atoms with Gasteiger partial charge in [-0.1, -0.05) is 67.2 Å². The summed E-state index contributed by atoms with van der Waals surface area (Å²) >= 11 is 0. The van der Waals surface area contributed by atoms with E-state index in [-0.39, 0.29) is 6.10 Å². The first-order chi connectivity index (χ1) is 10.8. The molecular formula is C20H24O2. The molecule has 0 radical (unpaired) electrons. The number of ether oxygens (including phenoxy) is 2. The maximum Gasteiger partial charge on any atom is 0.117 e. The summed E-state index contributed by atoms with van der Waals surface area (Å²) in [6, 6.07) is 20.6. The second-order valence-electron chi connectivity index (χ2n) is 5.30. The van der Waals surface area contributed by atoms with Crippen LogP contribution in [0, 0.1) is 0 Å². The van der Waals surface area contributed by atoms with Crippen molar-refractivity contribution in [2.75, 3.05) is 13.2 Å². The van der Waals surface area contributed by atoms with Crippen molar-refractivity contribution in [2.45, 2.75) is 25.9 Å². The van der Waals surface area contributed by atoms with Gasteiger partial charge in [-0.05, 0) is 24.5 Å². The second kappa shape index (κ2) is 9.06. The second-order valence-corrected chi connectivity index (χ2v) is 5.30. The third-order valence-electron chi connectivity index (χ3n) is 3.58. The van der Waals surface area contributed by atoms with Crippen LogP contribution in [0.25, 0.3) is 0 Å². The molecule has 0 saturated carbocycles. The van der Waals surface area contributed by atoms with E-state index in [4.69, 9.17) is 9.47 Å². The molecule has 0 amide bonds. The Hall–Kier alpha value is -2.06. The largest absolute Gasteiger partial charge is 0.495 e. The van der Waals surface area contributed by atoms with Gasteiger partial charge in [-0.15, -0.1) is 0 Å². The summed E-state index contributed by atoms with van der Waals surface area (Å²) in [6.07, 6.45) is 1.71. The zero-order valence-corrected chi connectivity index (χ0v) is 13.2. The molecule has 1 unspecified atom stereocenters. The Labute approximate surface area is 133 Å². The molecule has 2 heteroatoms. The topological polar surface area (TPSA) is 18.5 Å². The molecule has 0 aromatic heterocycles. The Bertz CT molecular complexity index is 548. The summed E-state index contributed by atoms with van der Waals surface area (Å²) in [7, 11) is 0. The summed E-state index contributed by atoms with van der Waals surface area (Å²) in [6.45, 7) is 7.25. The summed E-state index contributed by atoms with van der Waals surface area (Å²) in [5.41, 5.74) is 2.55. The lowest BCUT2D eigenvalue weighted by Crippen LogP contribution is -2.16. The van der Waals surface area contributed by atoms with Gasteiger partial charge in [0.25, 0.3) is 0 Å². The molecule has 2 nitrogen and oxygen atoms in total. The van der Waals surface area contributed by atoms with Crippen LogP contribution in [0.5, 0.6) is 0 Å². The molecule has 0 saturated heterocycles. The maximum atomic E-state index is 5.79. The van der Waals surface area contributed by atoms with E-state index in [2.05, 4.69) is 30.8 Å². The zero-order valence-electron chi connectivity index (χ0n) is 13.2. The number of hydrogen-bond donors (Lipinski definition) is 0. The van der Waals surface area contributed by atoms with Crippen LogP contribution in [0.2, 0.25) is 0 Å². The number of rotatable bonds is 9. The molecule has 0 spiro atoms. The summed E-state index contributed by atoms with van der Waals surface area (Å²) in [4.78, 5) is 0. The Balaban J connectivity index is 1.62. The molecule has 2 rings (SSSR count). The van der Waals surface area contributed by atoms with Gasteiger partial charge < -0.3 is 9.47 Å². The molecule has 0 aliphatic rings. The minimum absolute atomic E-state index is 0.0838. The van der Waals surface area contributed by atoms with Crippen molar-refractivity contribution in [1.82, 2.24) is 0 Å². The fourth-order valence-electron chi connectivity index (χ4n) is 2.15. The van der Waals surface area contributed by atoms with Gasteiger partial charge in [0.15, 0.2) is 0 Å². The predicted octanol–water partition coefficient (Wildman–Crippen LogP) is 4.41. The molecule has 0 N–H and O–H groups in total. The Morgan fingerprint density at radius 3 is 1.91 bits per heavy atom. The fourth-order valence-corrected chi connectivity index (χ4v) is 2.15. The SMILES string of the molecule is C=C(OCCc1ccccc1)C(C)OCCc1ccccc1. The van der Waals surface area contributed by atoms with Crippen LogP contribution >= 0.6 is 0 Å². The first kappa shape index (κ1) is 16.3. The van der Waals surface area contributed by atoms with E-state index in [0.29, 0.717) is 19.0 Å². The van der Waals surface area contributed by atoms with Gasteiger partial charge in [-0.2, -0.15) is 0 Å². The third kappa shape index (κ3) is 5.74. The molecule has 0 heterocycles. The van der Waals surface area contributed by atoms with Gasteiger partial charge in [0, 0.05) is 6.42 Å². The highest BCUT2D eigenvalue weighted by molar-refractivity contribution is 5.15. The predicted molar refractivity (Wildman–Crippen MR) is 90.8 cm³/mol. The van der Waals surface area contributed by atoms with Gasteiger partial charge >= 0.3 is 0 Å². The van der Waals surface area contributed by atoms with Crippen LogP contribution in [0.1, 0.15) is 18.1 Å². The van der Waals surface area contributed by atoms with E-state index in [1.54, 1.807) is 0 Å². The maximum absolute atomic E-state index is 5.79. The summed E-state index contributed by atoms with van der Waals surface area (Å²) in [5.74, 6) is 0.698. The molecular weight excluding hydrogens is 272 g/mol. The van der Waals surface area contributed by atoms with Crippen molar-refractivity contribution in [1.29, 1.82) is 0 Å². The smallest absolute Gasteiger partial charge is 0.117 e. The van der Waals surface area contributed by atoms with Crippen molar-refractivity contribution < 1.29 is 9.47 Å². The first-order valence-corrected chi connectivity index (χ1v) is 7.77. The van der Waals surface area contributed by atoms with Crippen LogP contribution < -0.4 is 0 Å². The van der Waals surface area contributed by atoms with Crippen LogP contribution in [0.3, 0.4) is 0 Å². The van der Waals surface area contributed by atoms with Crippen molar-refractivity contribution in [2.24, 2.45) is 0 Å². The standard InChI is InChI=1S/C20H24O2/c1-17(21-15-13-19-9-5-3-6-10-19)18(2)22-16-14-20-11-7-4-8-12-20/h3-12,18H,1,13-16H2,2H3. The highest BCUT2D eigenvalue weighted by atomic mass is 16.5. The highest BCUT2D eigenvalue weighted by Crippen LogP contribution is 2.09. The van der Waals surface area contributed by atoms with Gasteiger partial charge in [0.05, 0.1) is 13.2 Å². The number of benzene rings is 2. The van der Waals surface area contributed by atoms with Crippen LogP contribution in [0.15, 0.2) is 73.0 Å². The average molecular weight is 296 g/mol. The van der Waals surface area contributed by atoms with E-state index in [0.717, 1.165) is 12.8 Å². The van der Waals surface area contributed by atoms with Crippen LogP contribution in [-0.2, 0) is 22.3 Å². The lowest BCUT2D eigenvalue weighted by atomic mass is 10.2.